The molecule has 0 aliphatic carbocycles. The van der Waals surface area contributed by atoms with Gasteiger partial charge >= 0.3 is 5.97 Å². The number of rotatable bonds is 4. The fourth-order valence-electron chi connectivity index (χ4n) is 3.31. The van der Waals surface area contributed by atoms with Crippen molar-refractivity contribution in [3.63, 3.8) is 0 Å². The summed E-state index contributed by atoms with van der Waals surface area (Å²) in [7, 11) is 0. The fraction of sp³-hybridized carbons (Fsp3) is 0.143. The van der Waals surface area contributed by atoms with Crippen LogP contribution in [-0.4, -0.2) is 28.7 Å². The molecule has 2 aromatic carbocycles. The molecule has 2 aromatic heterocycles. The number of aryl methyl sites for hydroxylation is 2. The van der Waals surface area contributed by atoms with Gasteiger partial charge in [0.1, 0.15) is 11.1 Å². The van der Waals surface area contributed by atoms with Crippen molar-refractivity contribution in [1.82, 2.24) is 10.2 Å². The fourth-order valence-corrected chi connectivity index (χ4v) is 3.31. The van der Waals surface area contributed by atoms with Crippen LogP contribution < -0.4 is 10.9 Å². The number of esters is 1. The van der Waals surface area contributed by atoms with Crippen LogP contribution in [0.4, 0.5) is 5.88 Å². The maximum absolute atomic E-state index is 12.4. The highest BCUT2D eigenvalue weighted by molar-refractivity contribution is 6.06. The third-order valence-electron chi connectivity index (χ3n) is 4.60. The first-order chi connectivity index (χ1) is 14.0. The lowest BCUT2D eigenvalue weighted by Gasteiger charge is -2.07. The number of benzene rings is 2. The number of anilines is 1. The monoisotopic (exact) mass is 391 g/mol. The zero-order valence-corrected chi connectivity index (χ0v) is 15.7. The lowest BCUT2D eigenvalue weighted by atomic mass is 10.1. The van der Waals surface area contributed by atoms with Gasteiger partial charge in [-0.05, 0) is 30.7 Å². The Hall–Kier alpha value is -3.94. The average Bonchev–Trinajstić information content (AvgIpc) is 3.05. The van der Waals surface area contributed by atoms with E-state index in [9.17, 15) is 14.4 Å². The van der Waals surface area contributed by atoms with Crippen LogP contribution in [0.2, 0.25) is 0 Å². The minimum Gasteiger partial charge on any atom is -0.452 e. The maximum Gasteiger partial charge on any atom is 0.339 e. The van der Waals surface area contributed by atoms with Gasteiger partial charge in [0.05, 0.1) is 16.6 Å². The Labute approximate surface area is 164 Å². The summed E-state index contributed by atoms with van der Waals surface area (Å²) < 4.78 is 10.7. The van der Waals surface area contributed by atoms with Crippen LogP contribution in [0.3, 0.4) is 0 Å². The molecule has 0 fully saturated rings. The predicted molar refractivity (Wildman–Crippen MR) is 107 cm³/mol. The first-order valence-electron chi connectivity index (χ1n) is 8.89. The Morgan fingerprint density at radius 3 is 2.69 bits per heavy atom. The van der Waals surface area contributed by atoms with Crippen molar-refractivity contribution in [3.05, 3.63) is 69.8 Å². The summed E-state index contributed by atoms with van der Waals surface area (Å²) in [5, 5.41) is 11.1. The Kier molecular flexibility index (Phi) is 4.59. The van der Waals surface area contributed by atoms with E-state index in [2.05, 4.69) is 15.5 Å². The van der Waals surface area contributed by atoms with E-state index in [0.29, 0.717) is 22.4 Å². The largest absolute Gasteiger partial charge is 0.452 e. The molecule has 4 rings (SSSR count). The zero-order valence-electron chi connectivity index (χ0n) is 15.7. The van der Waals surface area contributed by atoms with E-state index >= 15 is 0 Å². The van der Waals surface area contributed by atoms with Gasteiger partial charge in [-0.3, -0.25) is 14.9 Å². The van der Waals surface area contributed by atoms with E-state index in [1.54, 1.807) is 26.0 Å². The first kappa shape index (κ1) is 18.4. The molecule has 1 amide bonds. The van der Waals surface area contributed by atoms with Crippen LogP contribution in [0.5, 0.6) is 0 Å². The smallest absolute Gasteiger partial charge is 0.339 e. The van der Waals surface area contributed by atoms with Gasteiger partial charge in [0, 0.05) is 0 Å². The van der Waals surface area contributed by atoms with Gasteiger partial charge in [0.15, 0.2) is 6.61 Å². The zero-order chi connectivity index (χ0) is 20.5. The summed E-state index contributed by atoms with van der Waals surface area (Å²) in [5.41, 5.74) is 0.461. The number of aromatic nitrogens is 2. The minimum atomic E-state index is -0.622. The molecule has 8 heteroatoms. The SMILES string of the molecule is Cc1n[nH]c(=O)c2c(NC(=O)COC(=O)c3cccc4ccccc34)oc(C)c12. The number of hydrogen-bond donors (Lipinski definition) is 2. The van der Waals surface area contributed by atoms with Crippen molar-refractivity contribution in [1.29, 1.82) is 0 Å². The number of amides is 1. The number of H-pyrrole nitrogens is 1. The van der Waals surface area contributed by atoms with Gasteiger partial charge in [-0.25, -0.2) is 9.89 Å². The molecule has 2 N–H and O–H groups in total. The lowest BCUT2D eigenvalue weighted by molar-refractivity contribution is -0.119. The number of carbonyl (C=O) groups is 2. The Morgan fingerprint density at radius 1 is 1.10 bits per heavy atom. The van der Waals surface area contributed by atoms with Crippen molar-refractivity contribution in [2.75, 3.05) is 11.9 Å². The summed E-state index contributed by atoms with van der Waals surface area (Å²) >= 11 is 0. The molecule has 0 atom stereocenters. The molecule has 0 unspecified atom stereocenters. The summed E-state index contributed by atoms with van der Waals surface area (Å²) in [6, 6.07) is 12.7. The molecule has 29 heavy (non-hydrogen) atoms. The molecule has 0 radical (unpaired) electrons. The molecule has 0 aliphatic rings. The van der Waals surface area contributed by atoms with Crippen LogP contribution in [0.1, 0.15) is 21.8 Å². The third kappa shape index (κ3) is 3.36. The van der Waals surface area contributed by atoms with Crippen molar-refractivity contribution in [2.24, 2.45) is 0 Å². The van der Waals surface area contributed by atoms with Gasteiger partial charge in [-0.1, -0.05) is 36.4 Å². The molecule has 0 spiro atoms. The number of hydrogen-bond acceptors (Lipinski definition) is 6. The summed E-state index contributed by atoms with van der Waals surface area (Å²) in [6.07, 6.45) is 0. The number of ether oxygens (including phenoxy) is 1. The lowest BCUT2D eigenvalue weighted by Crippen LogP contribution is -2.21. The second-order valence-corrected chi connectivity index (χ2v) is 6.53. The number of nitrogens with zero attached hydrogens (tertiary/aromatic N) is 1. The van der Waals surface area contributed by atoms with E-state index in [-0.39, 0.29) is 11.3 Å². The molecule has 0 aliphatic heterocycles. The Bertz CT molecular complexity index is 1310. The number of aromatic amines is 1. The molecular formula is C21H17N3O5. The molecule has 0 saturated heterocycles. The van der Waals surface area contributed by atoms with Crippen molar-refractivity contribution >= 4 is 39.3 Å². The number of nitrogens with one attached hydrogen (secondary N) is 2. The minimum absolute atomic E-state index is 0.00420. The van der Waals surface area contributed by atoms with E-state index in [4.69, 9.17) is 9.15 Å². The van der Waals surface area contributed by atoms with Crippen LogP contribution >= 0.6 is 0 Å². The summed E-state index contributed by atoms with van der Waals surface area (Å²) in [6.45, 7) is 2.87. The highest BCUT2D eigenvalue weighted by atomic mass is 16.5. The number of furan rings is 1. The quantitative estimate of drug-likeness (QED) is 0.517. The maximum atomic E-state index is 12.4. The van der Waals surface area contributed by atoms with Crippen LogP contribution in [-0.2, 0) is 9.53 Å². The van der Waals surface area contributed by atoms with Crippen LogP contribution in [0.15, 0.2) is 51.7 Å². The Morgan fingerprint density at radius 2 is 1.86 bits per heavy atom. The number of carbonyl (C=O) groups excluding carboxylic acids is 2. The molecular weight excluding hydrogens is 374 g/mol. The average molecular weight is 391 g/mol. The molecule has 2 heterocycles. The molecule has 0 bridgehead atoms. The second-order valence-electron chi connectivity index (χ2n) is 6.53. The van der Waals surface area contributed by atoms with Crippen LogP contribution in [0.25, 0.3) is 21.5 Å². The number of fused-ring (bicyclic) bond motifs is 2. The van der Waals surface area contributed by atoms with Crippen molar-refractivity contribution < 1.29 is 18.7 Å². The highest BCUT2D eigenvalue weighted by Crippen LogP contribution is 2.28. The predicted octanol–water partition coefficient (Wildman–Crippen LogP) is 3.08. The summed E-state index contributed by atoms with van der Waals surface area (Å²) in [4.78, 5) is 36.8. The summed E-state index contributed by atoms with van der Waals surface area (Å²) in [5.74, 6) is -0.784. The van der Waals surface area contributed by atoms with Gasteiger partial charge < -0.3 is 9.15 Å². The van der Waals surface area contributed by atoms with Crippen LogP contribution in [0, 0.1) is 13.8 Å². The van der Waals surface area contributed by atoms with Crippen molar-refractivity contribution in [3.8, 4) is 0 Å². The van der Waals surface area contributed by atoms with Gasteiger partial charge in [0.25, 0.3) is 11.5 Å². The third-order valence-corrected chi connectivity index (χ3v) is 4.60. The topological polar surface area (TPSA) is 114 Å². The Balaban J connectivity index is 1.51. The van der Waals surface area contributed by atoms with Crippen molar-refractivity contribution in [2.45, 2.75) is 13.8 Å². The van der Waals surface area contributed by atoms with E-state index in [1.807, 2.05) is 30.3 Å². The first-order valence-corrected chi connectivity index (χ1v) is 8.89. The van der Waals surface area contributed by atoms with E-state index < -0.39 is 24.0 Å². The molecule has 8 nitrogen and oxygen atoms in total. The van der Waals surface area contributed by atoms with E-state index in [0.717, 1.165) is 10.8 Å². The van der Waals surface area contributed by atoms with Gasteiger partial charge in [0.2, 0.25) is 5.88 Å². The van der Waals surface area contributed by atoms with E-state index in [1.165, 1.54) is 0 Å². The molecule has 0 saturated carbocycles. The molecule has 146 valence electrons. The second kappa shape index (κ2) is 7.23. The molecule has 4 aromatic rings. The standard InChI is InChI=1S/C21H17N3O5/c1-11-17-12(2)29-20(18(17)19(26)24-23-11)22-16(25)10-28-21(27)15-9-5-7-13-6-3-4-8-14(13)15/h3-9H,10H2,1-2H3,(H,22,25)(H,24,26). The van der Waals surface area contributed by atoms with Gasteiger partial charge in [-0.15, -0.1) is 0 Å². The normalized spacial score (nSPS) is 11.0. The highest BCUT2D eigenvalue weighted by Gasteiger charge is 2.20. The van der Waals surface area contributed by atoms with Gasteiger partial charge in [-0.2, -0.15) is 5.10 Å².